The average molecular weight is 126 g/mol. The molecule has 52 valence electrons. The molecule has 0 atom stereocenters. The van der Waals surface area contributed by atoms with Crippen LogP contribution in [0.2, 0.25) is 0 Å². The monoisotopic (exact) mass is 126 g/mol. The maximum atomic E-state index is 10.6. The fourth-order valence-corrected chi connectivity index (χ4v) is 0.526. The molecule has 0 radical (unpaired) electrons. The Balaban J connectivity index is 3.26. The highest BCUT2D eigenvalue weighted by Gasteiger charge is 1.90. The van der Waals surface area contributed by atoms with Crippen LogP contribution in [0.1, 0.15) is 33.1 Å². The minimum atomic E-state index is 0.319. The molecule has 0 aliphatic rings. The summed E-state index contributed by atoms with van der Waals surface area (Å²) in [5.41, 5.74) is 0. The zero-order valence-corrected chi connectivity index (χ0v) is 6.18. The van der Waals surface area contributed by atoms with Gasteiger partial charge in [-0.1, -0.05) is 26.0 Å². The molecule has 9 heavy (non-hydrogen) atoms. The van der Waals surface area contributed by atoms with Gasteiger partial charge >= 0.3 is 0 Å². The van der Waals surface area contributed by atoms with Crippen molar-refractivity contribution in [1.29, 1.82) is 0 Å². The fourth-order valence-electron chi connectivity index (χ4n) is 0.526. The first-order chi connectivity index (χ1) is 4.31. The number of hydrogen-bond donors (Lipinski definition) is 0. The molecule has 1 heteroatoms. The Hall–Kier alpha value is -0.590. The first-order valence-corrected chi connectivity index (χ1v) is 3.48. The zero-order valence-electron chi connectivity index (χ0n) is 6.18. The van der Waals surface area contributed by atoms with E-state index in [0.717, 1.165) is 6.42 Å². The van der Waals surface area contributed by atoms with E-state index in [0.29, 0.717) is 18.6 Å². The predicted octanol–water partition coefficient (Wildman–Crippen LogP) is 2.32. The first-order valence-electron chi connectivity index (χ1n) is 3.48. The van der Waals surface area contributed by atoms with Crippen LogP contribution < -0.4 is 0 Å². The van der Waals surface area contributed by atoms with Gasteiger partial charge in [0.15, 0.2) is 0 Å². The Morgan fingerprint density at radius 1 is 1.33 bits per heavy atom. The lowest BCUT2D eigenvalue weighted by Crippen LogP contribution is -1.90. The van der Waals surface area contributed by atoms with Crippen molar-refractivity contribution in [2.75, 3.05) is 0 Å². The summed E-state index contributed by atoms with van der Waals surface area (Å²) >= 11 is 0. The van der Waals surface area contributed by atoms with Crippen molar-refractivity contribution in [3.63, 3.8) is 0 Å². The van der Waals surface area contributed by atoms with Gasteiger partial charge in [0.05, 0.1) is 0 Å². The minimum Gasteiger partial charge on any atom is -0.299 e. The normalized spacial score (nSPS) is 10.4. The Morgan fingerprint density at radius 2 is 2.00 bits per heavy atom. The lowest BCUT2D eigenvalue weighted by molar-refractivity contribution is -0.117. The van der Waals surface area contributed by atoms with Crippen LogP contribution in [-0.2, 0) is 4.79 Å². The van der Waals surface area contributed by atoms with Crippen molar-refractivity contribution in [3.8, 4) is 0 Å². The Kier molecular flexibility index (Phi) is 5.18. The molecule has 0 aromatic heterocycles. The Labute approximate surface area is 56.8 Å². The third-order valence-electron chi connectivity index (χ3n) is 1.14. The summed E-state index contributed by atoms with van der Waals surface area (Å²) in [6.45, 7) is 3.95. The van der Waals surface area contributed by atoms with Crippen LogP contribution >= 0.6 is 0 Å². The Bertz CT molecular complexity index is 103. The van der Waals surface area contributed by atoms with E-state index in [9.17, 15) is 4.79 Å². The molecular formula is C8H14O. The number of hydrogen-bond acceptors (Lipinski definition) is 1. The largest absolute Gasteiger partial charge is 0.299 e. The zero-order chi connectivity index (χ0) is 7.11. The smallest absolute Gasteiger partial charge is 0.136 e. The summed E-state index contributed by atoms with van der Waals surface area (Å²) in [5.74, 6) is 0.319. The fraction of sp³-hybridized carbons (Fsp3) is 0.625. The summed E-state index contributed by atoms with van der Waals surface area (Å²) in [7, 11) is 0. The van der Waals surface area contributed by atoms with Gasteiger partial charge < -0.3 is 0 Å². The molecule has 0 saturated heterocycles. The Morgan fingerprint density at radius 3 is 2.44 bits per heavy atom. The lowest BCUT2D eigenvalue weighted by Gasteiger charge is -1.86. The molecule has 0 unspecified atom stereocenters. The minimum absolute atomic E-state index is 0.319. The maximum absolute atomic E-state index is 10.6. The highest BCUT2D eigenvalue weighted by molar-refractivity contribution is 5.79. The van der Waals surface area contributed by atoms with E-state index < -0.39 is 0 Å². The molecule has 0 heterocycles. The molecule has 0 amide bonds. The molecule has 0 saturated carbocycles. The standard InChI is InChI=1S/C8H14O/c1-3-5-6-7-8(9)4-2/h5-6H,3-4,7H2,1-2H3/b6-5+. The van der Waals surface area contributed by atoms with Gasteiger partial charge in [0.1, 0.15) is 5.78 Å². The molecule has 0 N–H and O–H groups in total. The van der Waals surface area contributed by atoms with E-state index in [-0.39, 0.29) is 0 Å². The third-order valence-corrected chi connectivity index (χ3v) is 1.14. The maximum Gasteiger partial charge on any atom is 0.136 e. The number of ketones is 1. The van der Waals surface area contributed by atoms with Crippen LogP contribution in [0, 0.1) is 0 Å². The van der Waals surface area contributed by atoms with Gasteiger partial charge in [-0.3, -0.25) is 4.79 Å². The summed E-state index contributed by atoms with van der Waals surface area (Å²) in [5, 5.41) is 0. The van der Waals surface area contributed by atoms with Gasteiger partial charge in [-0.15, -0.1) is 0 Å². The molecule has 0 aliphatic heterocycles. The van der Waals surface area contributed by atoms with Crippen LogP contribution in [0.4, 0.5) is 0 Å². The molecule has 0 bridgehead atoms. The van der Waals surface area contributed by atoms with Gasteiger partial charge in [-0.2, -0.15) is 0 Å². The van der Waals surface area contributed by atoms with E-state index >= 15 is 0 Å². The van der Waals surface area contributed by atoms with Crippen molar-refractivity contribution in [2.24, 2.45) is 0 Å². The lowest BCUT2D eigenvalue weighted by atomic mass is 10.2. The molecule has 0 rings (SSSR count). The second kappa shape index (κ2) is 5.54. The van der Waals surface area contributed by atoms with Crippen LogP contribution in [0.3, 0.4) is 0 Å². The van der Waals surface area contributed by atoms with Crippen molar-refractivity contribution in [1.82, 2.24) is 0 Å². The summed E-state index contributed by atoms with van der Waals surface area (Å²) in [4.78, 5) is 10.6. The van der Waals surface area contributed by atoms with E-state index in [1.54, 1.807) is 0 Å². The number of rotatable bonds is 4. The van der Waals surface area contributed by atoms with Crippen LogP contribution in [0.15, 0.2) is 12.2 Å². The van der Waals surface area contributed by atoms with Gasteiger partial charge in [0.2, 0.25) is 0 Å². The van der Waals surface area contributed by atoms with Gasteiger partial charge in [0.25, 0.3) is 0 Å². The second-order valence-corrected chi connectivity index (χ2v) is 1.98. The van der Waals surface area contributed by atoms with Crippen molar-refractivity contribution in [3.05, 3.63) is 12.2 Å². The predicted molar refractivity (Wildman–Crippen MR) is 39.3 cm³/mol. The second-order valence-electron chi connectivity index (χ2n) is 1.98. The van der Waals surface area contributed by atoms with Crippen LogP contribution in [0.5, 0.6) is 0 Å². The number of carbonyl (C=O) groups excluding carboxylic acids is 1. The van der Waals surface area contributed by atoms with E-state index in [4.69, 9.17) is 0 Å². The van der Waals surface area contributed by atoms with E-state index in [1.807, 2.05) is 19.1 Å². The molecule has 0 aromatic rings. The summed E-state index contributed by atoms with van der Waals surface area (Å²) in [6.07, 6.45) is 6.26. The van der Waals surface area contributed by atoms with Crippen molar-refractivity contribution < 1.29 is 4.79 Å². The highest BCUT2D eigenvalue weighted by atomic mass is 16.1. The molecule has 0 fully saturated rings. The quantitative estimate of drug-likeness (QED) is 0.528. The van der Waals surface area contributed by atoms with Crippen LogP contribution in [-0.4, -0.2) is 5.78 Å². The molecule has 0 aliphatic carbocycles. The van der Waals surface area contributed by atoms with Crippen LogP contribution in [0.25, 0.3) is 0 Å². The van der Waals surface area contributed by atoms with Gasteiger partial charge in [-0.25, -0.2) is 0 Å². The average Bonchev–Trinajstić information content (AvgIpc) is 1.89. The van der Waals surface area contributed by atoms with E-state index in [2.05, 4.69) is 6.92 Å². The first kappa shape index (κ1) is 8.41. The molecule has 1 nitrogen and oxygen atoms in total. The summed E-state index contributed by atoms with van der Waals surface area (Å²) in [6, 6.07) is 0. The number of carbonyl (C=O) groups is 1. The third kappa shape index (κ3) is 5.28. The van der Waals surface area contributed by atoms with E-state index in [1.165, 1.54) is 0 Å². The molecule has 0 spiro atoms. The highest BCUT2D eigenvalue weighted by Crippen LogP contribution is 1.90. The molecular weight excluding hydrogens is 112 g/mol. The van der Waals surface area contributed by atoms with Crippen molar-refractivity contribution >= 4 is 5.78 Å². The number of allylic oxidation sites excluding steroid dienone is 2. The summed E-state index contributed by atoms with van der Waals surface area (Å²) < 4.78 is 0. The number of Topliss-reactive ketones (excluding diaryl/α,β-unsaturated/α-hetero) is 1. The van der Waals surface area contributed by atoms with Gasteiger partial charge in [0, 0.05) is 12.8 Å². The van der Waals surface area contributed by atoms with Crippen molar-refractivity contribution in [2.45, 2.75) is 33.1 Å². The van der Waals surface area contributed by atoms with Gasteiger partial charge in [-0.05, 0) is 6.42 Å². The molecule has 0 aromatic carbocycles. The SMILES string of the molecule is CC/C=C/CC(=O)CC. The topological polar surface area (TPSA) is 17.1 Å².